The first-order valence-corrected chi connectivity index (χ1v) is 9.99. The molecule has 0 unspecified atom stereocenters. The van der Waals surface area contributed by atoms with Crippen LogP contribution >= 0.6 is 0 Å². The molecule has 0 radical (unpaired) electrons. The number of allylic oxidation sites excluding steroid dienone is 1. The molecule has 3 heterocycles. The molecule has 0 bridgehead atoms. The zero-order valence-corrected chi connectivity index (χ0v) is 16.4. The lowest BCUT2D eigenvalue weighted by Crippen LogP contribution is -2.36. The minimum absolute atomic E-state index is 0.140. The summed E-state index contributed by atoms with van der Waals surface area (Å²) in [5.74, 6) is -0.188. The van der Waals surface area contributed by atoms with Gasteiger partial charge in [-0.2, -0.15) is 0 Å². The Kier molecular flexibility index (Phi) is 4.94. The van der Waals surface area contributed by atoms with Gasteiger partial charge in [-0.15, -0.1) is 0 Å². The number of aromatic nitrogens is 3. The van der Waals surface area contributed by atoms with Crippen molar-refractivity contribution in [3.63, 3.8) is 0 Å². The van der Waals surface area contributed by atoms with E-state index >= 15 is 0 Å². The van der Waals surface area contributed by atoms with E-state index in [1.165, 1.54) is 0 Å². The van der Waals surface area contributed by atoms with E-state index in [2.05, 4.69) is 37.3 Å². The number of pyridine rings is 1. The van der Waals surface area contributed by atoms with E-state index in [0.717, 1.165) is 60.8 Å². The molecule has 150 valence electrons. The normalized spacial score (nSPS) is 15.5. The minimum atomic E-state index is -0.329. The number of hydrogen-bond acceptors (Lipinski definition) is 6. The molecule has 7 heteroatoms. The van der Waals surface area contributed by atoms with E-state index < -0.39 is 0 Å². The van der Waals surface area contributed by atoms with E-state index in [0.29, 0.717) is 5.69 Å². The average Bonchev–Trinajstić information content (AvgIpc) is 3.24. The fourth-order valence-electron chi connectivity index (χ4n) is 3.75. The van der Waals surface area contributed by atoms with Crippen LogP contribution in [0.2, 0.25) is 0 Å². The summed E-state index contributed by atoms with van der Waals surface area (Å²) >= 11 is 0. The van der Waals surface area contributed by atoms with Gasteiger partial charge in [0.25, 0.3) is 5.91 Å². The number of anilines is 2. The minimum Gasteiger partial charge on any atom is -0.378 e. The number of fused-ring (bicyclic) bond motifs is 1. The molecule has 2 aliphatic rings. The van der Waals surface area contributed by atoms with Crippen LogP contribution in [0.3, 0.4) is 0 Å². The fraction of sp³-hybridized carbons (Fsp3) is 0.217. The molecule has 0 saturated carbocycles. The van der Waals surface area contributed by atoms with Gasteiger partial charge < -0.3 is 15.0 Å². The summed E-state index contributed by atoms with van der Waals surface area (Å²) in [5, 5.41) is 2.80. The molecule has 1 saturated heterocycles. The molecular formula is C23H21N5O2. The Bertz CT molecular complexity index is 1090. The maximum Gasteiger partial charge on any atom is 0.293 e. The van der Waals surface area contributed by atoms with Crippen molar-refractivity contribution in [3.05, 3.63) is 83.7 Å². The lowest BCUT2D eigenvalue weighted by molar-refractivity contribution is 0.101. The number of rotatable bonds is 4. The molecule has 1 N–H and O–H groups in total. The van der Waals surface area contributed by atoms with Crippen molar-refractivity contribution in [2.24, 2.45) is 0 Å². The highest BCUT2D eigenvalue weighted by atomic mass is 16.5. The second-order valence-corrected chi connectivity index (χ2v) is 7.22. The standard InChI is InChI=1S/C23H21N5O2/c29-23(27-17-4-2-1-3-5-17)22-25-13-16(14-26-22)19-6-7-21-20(19)12-18(15-24-21)28-8-10-30-11-9-28/h1-6,12-15H,7-11H2,(H,27,29). The third kappa shape index (κ3) is 3.67. The Morgan fingerprint density at radius 1 is 1.00 bits per heavy atom. The first kappa shape index (κ1) is 18.4. The molecule has 1 amide bonds. The molecule has 1 aromatic carbocycles. The van der Waals surface area contributed by atoms with Gasteiger partial charge in [-0.05, 0) is 23.8 Å². The van der Waals surface area contributed by atoms with Gasteiger partial charge in [-0.1, -0.05) is 24.3 Å². The molecular weight excluding hydrogens is 378 g/mol. The Labute approximate surface area is 174 Å². The molecule has 1 aliphatic heterocycles. The Morgan fingerprint density at radius 3 is 2.53 bits per heavy atom. The second kappa shape index (κ2) is 8.04. The average molecular weight is 399 g/mol. The molecule has 0 spiro atoms. The lowest BCUT2D eigenvalue weighted by atomic mass is 10.0. The van der Waals surface area contributed by atoms with Crippen molar-refractivity contribution in [2.75, 3.05) is 36.5 Å². The Balaban J connectivity index is 1.35. The smallest absolute Gasteiger partial charge is 0.293 e. The first-order valence-electron chi connectivity index (χ1n) is 9.99. The van der Waals surface area contributed by atoms with Crippen molar-refractivity contribution in [1.29, 1.82) is 0 Å². The monoisotopic (exact) mass is 399 g/mol. The molecule has 0 atom stereocenters. The van der Waals surface area contributed by atoms with Crippen LogP contribution < -0.4 is 10.2 Å². The summed E-state index contributed by atoms with van der Waals surface area (Å²) in [4.78, 5) is 27.9. The highest BCUT2D eigenvalue weighted by molar-refractivity contribution is 6.01. The number of morpholine rings is 1. The molecule has 3 aromatic rings. The SMILES string of the molecule is O=C(Nc1ccccc1)c1ncc(C2=CCc3ncc(N4CCOCC4)cc32)cn1. The van der Waals surface area contributed by atoms with Crippen LogP contribution in [-0.4, -0.2) is 47.2 Å². The lowest BCUT2D eigenvalue weighted by Gasteiger charge is -2.29. The summed E-state index contributed by atoms with van der Waals surface area (Å²) in [6, 6.07) is 11.5. The molecule has 30 heavy (non-hydrogen) atoms. The van der Waals surface area contributed by atoms with Crippen LogP contribution in [0, 0.1) is 0 Å². The number of carbonyl (C=O) groups is 1. The molecule has 7 nitrogen and oxygen atoms in total. The molecule has 5 rings (SSSR count). The zero-order valence-electron chi connectivity index (χ0n) is 16.4. The number of para-hydroxylation sites is 1. The van der Waals surface area contributed by atoms with Gasteiger partial charge in [-0.25, -0.2) is 9.97 Å². The predicted octanol–water partition coefficient (Wildman–Crippen LogP) is 2.95. The number of amides is 1. The van der Waals surface area contributed by atoms with Gasteiger partial charge in [0.1, 0.15) is 0 Å². The van der Waals surface area contributed by atoms with Gasteiger partial charge in [0.2, 0.25) is 5.82 Å². The molecule has 1 aliphatic carbocycles. The van der Waals surface area contributed by atoms with E-state index in [-0.39, 0.29) is 11.7 Å². The first-order chi connectivity index (χ1) is 14.8. The Hall–Kier alpha value is -3.58. The summed E-state index contributed by atoms with van der Waals surface area (Å²) in [6.07, 6.45) is 8.27. The third-order valence-electron chi connectivity index (χ3n) is 5.32. The van der Waals surface area contributed by atoms with E-state index in [1.807, 2.05) is 36.5 Å². The number of nitrogens with one attached hydrogen (secondary N) is 1. The number of nitrogens with zero attached hydrogens (tertiary/aromatic N) is 4. The van der Waals surface area contributed by atoms with E-state index in [4.69, 9.17) is 4.74 Å². The van der Waals surface area contributed by atoms with Crippen molar-refractivity contribution in [2.45, 2.75) is 6.42 Å². The van der Waals surface area contributed by atoms with Crippen molar-refractivity contribution in [3.8, 4) is 0 Å². The van der Waals surface area contributed by atoms with Crippen molar-refractivity contribution in [1.82, 2.24) is 15.0 Å². The van der Waals surface area contributed by atoms with E-state index in [9.17, 15) is 4.79 Å². The number of benzene rings is 1. The van der Waals surface area contributed by atoms with Crippen LogP contribution in [0.25, 0.3) is 5.57 Å². The van der Waals surface area contributed by atoms with E-state index in [1.54, 1.807) is 12.4 Å². The van der Waals surface area contributed by atoms with Crippen LogP contribution in [0.5, 0.6) is 0 Å². The quantitative estimate of drug-likeness (QED) is 0.727. The molecule has 1 fully saturated rings. The van der Waals surface area contributed by atoms with Gasteiger partial charge in [0.15, 0.2) is 0 Å². The topological polar surface area (TPSA) is 80.2 Å². The largest absolute Gasteiger partial charge is 0.378 e. The summed E-state index contributed by atoms with van der Waals surface area (Å²) in [7, 11) is 0. The van der Waals surface area contributed by atoms with Gasteiger partial charge in [0.05, 0.1) is 30.8 Å². The van der Waals surface area contributed by atoms with Crippen LogP contribution in [0.15, 0.2) is 61.1 Å². The third-order valence-corrected chi connectivity index (χ3v) is 5.32. The van der Waals surface area contributed by atoms with Gasteiger partial charge in [0, 0.05) is 48.7 Å². The number of ether oxygens (including phenoxy) is 1. The highest BCUT2D eigenvalue weighted by Crippen LogP contribution is 2.33. The molecule has 2 aromatic heterocycles. The van der Waals surface area contributed by atoms with Crippen LogP contribution in [0.1, 0.15) is 27.4 Å². The maximum absolute atomic E-state index is 12.4. The summed E-state index contributed by atoms with van der Waals surface area (Å²) in [5.41, 5.74) is 5.90. The van der Waals surface area contributed by atoms with Gasteiger partial charge in [-0.3, -0.25) is 9.78 Å². The number of hydrogen-bond donors (Lipinski definition) is 1. The highest BCUT2D eigenvalue weighted by Gasteiger charge is 2.21. The van der Waals surface area contributed by atoms with Crippen LogP contribution in [0.4, 0.5) is 11.4 Å². The van der Waals surface area contributed by atoms with Crippen LogP contribution in [-0.2, 0) is 11.2 Å². The fourth-order valence-corrected chi connectivity index (χ4v) is 3.75. The Morgan fingerprint density at radius 2 is 1.77 bits per heavy atom. The summed E-state index contributed by atoms with van der Waals surface area (Å²) < 4.78 is 5.45. The maximum atomic E-state index is 12.4. The summed E-state index contributed by atoms with van der Waals surface area (Å²) in [6.45, 7) is 3.21. The van der Waals surface area contributed by atoms with Gasteiger partial charge >= 0.3 is 0 Å². The predicted molar refractivity (Wildman–Crippen MR) is 114 cm³/mol. The second-order valence-electron chi connectivity index (χ2n) is 7.22. The van der Waals surface area contributed by atoms with Crippen molar-refractivity contribution < 1.29 is 9.53 Å². The zero-order chi connectivity index (χ0) is 20.3. The number of carbonyl (C=O) groups excluding carboxylic acids is 1. The van der Waals surface area contributed by atoms with Crippen molar-refractivity contribution >= 4 is 22.9 Å².